The van der Waals surface area contributed by atoms with Crippen molar-refractivity contribution in [1.82, 2.24) is 5.32 Å². The molecule has 14 heavy (non-hydrogen) atoms. The molecule has 1 heterocycles. The van der Waals surface area contributed by atoms with E-state index in [1.165, 1.54) is 16.7 Å². The lowest BCUT2D eigenvalue weighted by Gasteiger charge is -2.40. The summed E-state index contributed by atoms with van der Waals surface area (Å²) in [7, 11) is 0. The molecule has 0 bridgehead atoms. The standard InChI is InChI=1S/C12H17NO/c1-8-4-9(2)11(10(3)5-8)12(14)6-13-7-12/h4-5,13-14H,6-7H2,1-3H3. The summed E-state index contributed by atoms with van der Waals surface area (Å²) in [4.78, 5) is 0. The average molecular weight is 191 g/mol. The molecule has 0 atom stereocenters. The fourth-order valence-electron chi connectivity index (χ4n) is 2.45. The molecule has 2 heteroatoms. The molecule has 1 aromatic carbocycles. The molecule has 1 saturated heterocycles. The first-order chi connectivity index (χ1) is 6.53. The number of benzene rings is 1. The van der Waals surface area contributed by atoms with Crippen molar-refractivity contribution in [3.63, 3.8) is 0 Å². The normalized spacial score (nSPS) is 19.1. The molecule has 1 fully saturated rings. The van der Waals surface area contributed by atoms with Gasteiger partial charge in [0.1, 0.15) is 5.60 Å². The number of β-amino-alcohol motifs (C(OH)–C–C–N with tert-alkyl or cyclic N) is 1. The third-order valence-electron chi connectivity index (χ3n) is 2.98. The van der Waals surface area contributed by atoms with Crippen molar-refractivity contribution >= 4 is 0 Å². The predicted molar refractivity (Wildman–Crippen MR) is 57.4 cm³/mol. The second-order valence-electron chi connectivity index (χ2n) is 4.41. The van der Waals surface area contributed by atoms with Crippen molar-refractivity contribution in [3.05, 3.63) is 34.4 Å². The summed E-state index contributed by atoms with van der Waals surface area (Å²) in [6, 6.07) is 4.28. The maximum Gasteiger partial charge on any atom is 0.115 e. The maximum absolute atomic E-state index is 10.3. The second-order valence-corrected chi connectivity index (χ2v) is 4.41. The summed E-state index contributed by atoms with van der Waals surface area (Å²) in [5, 5.41) is 13.4. The summed E-state index contributed by atoms with van der Waals surface area (Å²) in [5.74, 6) is 0. The molecule has 0 radical (unpaired) electrons. The van der Waals surface area contributed by atoms with Gasteiger partial charge in [-0.3, -0.25) is 0 Å². The topological polar surface area (TPSA) is 32.3 Å². The molecule has 2 N–H and O–H groups in total. The van der Waals surface area contributed by atoms with Gasteiger partial charge in [-0.1, -0.05) is 17.7 Å². The molecule has 1 aliphatic heterocycles. The van der Waals surface area contributed by atoms with Crippen molar-refractivity contribution in [1.29, 1.82) is 0 Å². The lowest BCUT2D eigenvalue weighted by Crippen LogP contribution is -2.57. The fraction of sp³-hybridized carbons (Fsp3) is 0.500. The van der Waals surface area contributed by atoms with Gasteiger partial charge in [-0.15, -0.1) is 0 Å². The molecule has 76 valence electrons. The Labute approximate surface area is 85.0 Å². The van der Waals surface area contributed by atoms with Gasteiger partial charge in [0, 0.05) is 13.1 Å². The Balaban J connectivity index is 2.52. The zero-order valence-corrected chi connectivity index (χ0v) is 9.02. The third-order valence-corrected chi connectivity index (χ3v) is 2.98. The van der Waals surface area contributed by atoms with Gasteiger partial charge in [0.2, 0.25) is 0 Å². The molecule has 1 aromatic rings. The Kier molecular flexibility index (Phi) is 2.13. The van der Waals surface area contributed by atoms with E-state index in [1.54, 1.807) is 0 Å². The van der Waals surface area contributed by atoms with Gasteiger partial charge < -0.3 is 10.4 Å². The molecule has 0 unspecified atom stereocenters. The van der Waals surface area contributed by atoms with Crippen molar-refractivity contribution in [2.75, 3.05) is 13.1 Å². The Morgan fingerprint density at radius 1 is 1.14 bits per heavy atom. The van der Waals surface area contributed by atoms with Crippen LogP contribution in [0, 0.1) is 20.8 Å². The summed E-state index contributed by atoms with van der Waals surface area (Å²) in [5.41, 5.74) is 4.15. The van der Waals surface area contributed by atoms with Gasteiger partial charge in [-0.2, -0.15) is 0 Å². The number of hydrogen-bond donors (Lipinski definition) is 2. The van der Waals surface area contributed by atoms with E-state index in [9.17, 15) is 5.11 Å². The van der Waals surface area contributed by atoms with E-state index >= 15 is 0 Å². The van der Waals surface area contributed by atoms with Crippen LogP contribution in [0.15, 0.2) is 12.1 Å². The molecule has 2 nitrogen and oxygen atoms in total. The van der Waals surface area contributed by atoms with E-state index in [1.807, 2.05) is 0 Å². The van der Waals surface area contributed by atoms with Crippen LogP contribution in [-0.4, -0.2) is 18.2 Å². The Morgan fingerprint density at radius 3 is 2.00 bits per heavy atom. The summed E-state index contributed by atoms with van der Waals surface area (Å²) in [6.07, 6.45) is 0. The highest BCUT2D eigenvalue weighted by Crippen LogP contribution is 2.31. The maximum atomic E-state index is 10.3. The Bertz CT molecular complexity index is 344. The largest absolute Gasteiger partial charge is 0.382 e. The molecule has 0 amide bonds. The zero-order chi connectivity index (χ0) is 10.3. The first-order valence-corrected chi connectivity index (χ1v) is 5.04. The van der Waals surface area contributed by atoms with E-state index in [-0.39, 0.29) is 0 Å². The van der Waals surface area contributed by atoms with Crippen LogP contribution in [0.4, 0.5) is 0 Å². The first-order valence-electron chi connectivity index (χ1n) is 5.04. The number of rotatable bonds is 1. The van der Waals surface area contributed by atoms with Gasteiger partial charge in [0.15, 0.2) is 0 Å². The molecular weight excluding hydrogens is 174 g/mol. The van der Waals surface area contributed by atoms with Gasteiger partial charge in [-0.25, -0.2) is 0 Å². The van der Waals surface area contributed by atoms with Crippen LogP contribution in [0.2, 0.25) is 0 Å². The number of nitrogens with one attached hydrogen (secondary N) is 1. The summed E-state index contributed by atoms with van der Waals surface area (Å²) >= 11 is 0. The Morgan fingerprint density at radius 2 is 1.64 bits per heavy atom. The quantitative estimate of drug-likeness (QED) is 0.703. The van der Waals surface area contributed by atoms with Crippen LogP contribution in [0.1, 0.15) is 22.3 Å². The minimum absolute atomic E-state index is 0.623. The van der Waals surface area contributed by atoms with Crippen LogP contribution < -0.4 is 5.32 Å². The number of aliphatic hydroxyl groups is 1. The fourth-order valence-corrected chi connectivity index (χ4v) is 2.45. The van der Waals surface area contributed by atoms with E-state index in [2.05, 4.69) is 38.2 Å². The van der Waals surface area contributed by atoms with Gasteiger partial charge >= 0.3 is 0 Å². The van der Waals surface area contributed by atoms with E-state index in [0.29, 0.717) is 13.1 Å². The van der Waals surface area contributed by atoms with Crippen molar-refractivity contribution < 1.29 is 5.11 Å². The molecule has 0 aliphatic carbocycles. The predicted octanol–water partition coefficient (Wildman–Crippen LogP) is 1.40. The van der Waals surface area contributed by atoms with Crippen molar-refractivity contribution in [3.8, 4) is 0 Å². The number of aryl methyl sites for hydroxylation is 3. The summed E-state index contributed by atoms with van der Waals surface area (Å²) in [6.45, 7) is 7.60. The minimum atomic E-state index is -0.623. The average Bonchev–Trinajstić information content (AvgIpc) is 1.99. The molecule has 2 rings (SSSR count). The van der Waals surface area contributed by atoms with Crippen molar-refractivity contribution in [2.45, 2.75) is 26.4 Å². The van der Waals surface area contributed by atoms with Crippen LogP contribution >= 0.6 is 0 Å². The molecule has 1 aliphatic rings. The van der Waals surface area contributed by atoms with Gasteiger partial charge in [-0.05, 0) is 37.5 Å². The molecular formula is C12H17NO. The van der Waals surface area contributed by atoms with Gasteiger partial charge in [0.05, 0.1) is 0 Å². The van der Waals surface area contributed by atoms with Crippen LogP contribution in [0.25, 0.3) is 0 Å². The highest BCUT2D eigenvalue weighted by molar-refractivity contribution is 5.43. The summed E-state index contributed by atoms with van der Waals surface area (Å²) < 4.78 is 0. The highest BCUT2D eigenvalue weighted by Gasteiger charge is 2.38. The number of hydrogen-bond acceptors (Lipinski definition) is 2. The van der Waals surface area contributed by atoms with E-state index < -0.39 is 5.60 Å². The molecule has 0 saturated carbocycles. The Hall–Kier alpha value is -0.860. The minimum Gasteiger partial charge on any atom is -0.382 e. The monoisotopic (exact) mass is 191 g/mol. The van der Waals surface area contributed by atoms with Crippen LogP contribution in [0.3, 0.4) is 0 Å². The second kappa shape index (κ2) is 3.07. The zero-order valence-electron chi connectivity index (χ0n) is 9.02. The van der Waals surface area contributed by atoms with E-state index in [0.717, 1.165) is 5.56 Å². The van der Waals surface area contributed by atoms with Crippen LogP contribution in [-0.2, 0) is 5.60 Å². The molecule has 0 aromatic heterocycles. The van der Waals surface area contributed by atoms with Crippen molar-refractivity contribution in [2.24, 2.45) is 0 Å². The van der Waals surface area contributed by atoms with Crippen LogP contribution in [0.5, 0.6) is 0 Å². The lowest BCUT2D eigenvalue weighted by molar-refractivity contribution is -0.0157. The lowest BCUT2D eigenvalue weighted by atomic mass is 9.82. The molecule has 0 spiro atoms. The van der Waals surface area contributed by atoms with Gasteiger partial charge in [0.25, 0.3) is 0 Å². The van der Waals surface area contributed by atoms with E-state index in [4.69, 9.17) is 0 Å². The first kappa shape index (κ1) is 9.69. The highest BCUT2D eigenvalue weighted by atomic mass is 16.3. The smallest absolute Gasteiger partial charge is 0.115 e. The third kappa shape index (κ3) is 1.35. The SMILES string of the molecule is Cc1cc(C)c(C2(O)CNC2)c(C)c1.